The highest BCUT2D eigenvalue weighted by Crippen LogP contribution is 2.36. The number of nitrogens with zero attached hydrogens (tertiary/aromatic N) is 1. The monoisotopic (exact) mass is 294 g/mol. The van der Waals surface area contributed by atoms with Crippen molar-refractivity contribution in [3.8, 4) is 0 Å². The average molecular weight is 294 g/mol. The molecule has 0 aliphatic heterocycles. The molecule has 5 heteroatoms. The van der Waals surface area contributed by atoms with Gasteiger partial charge in [0.1, 0.15) is 0 Å². The van der Waals surface area contributed by atoms with E-state index in [4.69, 9.17) is 0 Å². The van der Waals surface area contributed by atoms with Crippen LogP contribution in [0.15, 0.2) is 0 Å². The molecule has 0 unspecified atom stereocenters. The van der Waals surface area contributed by atoms with Crippen LogP contribution in [0.4, 0.5) is 13.2 Å². The van der Waals surface area contributed by atoms with E-state index in [1.807, 2.05) is 0 Å². The van der Waals surface area contributed by atoms with Gasteiger partial charge < -0.3 is 5.32 Å². The summed E-state index contributed by atoms with van der Waals surface area (Å²) in [6, 6.07) is 0. The Balaban J connectivity index is 2.54. The molecule has 1 rings (SSSR count). The molecule has 0 atom stereocenters. The van der Waals surface area contributed by atoms with Gasteiger partial charge in [0.25, 0.3) is 0 Å². The van der Waals surface area contributed by atoms with Gasteiger partial charge in [-0.1, -0.05) is 33.1 Å². The van der Waals surface area contributed by atoms with Crippen molar-refractivity contribution in [3.05, 3.63) is 0 Å². The highest BCUT2D eigenvalue weighted by Gasteiger charge is 2.36. The van der Waals surface area contributed by atoms with Crippen molar-refractivity contribution in [2.45, 2.75) is 52.1 Å². The molecule has 0 bridgehead atoms. The molecule has 0 heterocycles. The second-order valence-electron chi connectivity index (χ2n) is 6.87. The molecule has 1 aliphatic rings. The maximum Gasteiger partial charge on any atom is 0.401 e. The Morgan fingerprint density at radius 2 is 1.75 bits per heavy atom. The van der Waals surface area contributed by atoms with Crippen molar-refractivity contribution >= 4 is 0 Å². The first-order chi connectivity index (χ1) is 9.22. The zero-order chi connectivity index (χ0) is 15.2. The predicted octanol–water partition coefficient (Wildman–Crippen LogP) is 3.68. The minimum Gasteiger partial charge on any atom is -0.316 e. The predicted molar refractivity (Wildman–Crippen MR) is 76.8 cm³/mol. The van der Waals surface area contributed by atoms with Gasteiger partial charge in [-0.15, -0.1) is 0 Å². The van der Waals surface area contributed by atoms with Crippen molar-refractivity contribution in [2.24, 2.45) is 11.3 Å². The number of alkyl halides is 3. The molecule has 1 aliphatic carbocycles. The smallest absolute Gasteiger partial charge is 0.316 e. The molecule has 120 valence electrons. The maximum atomic E-state index is 12.5. The van der Waals surface area contributed by atoms with Crippen LogP contribution in [-0.4, -0.2) is 44.3 Å². The lowest BCUT2D eigenvalue weighted by atomic mass is 9.73. The molecule has 0 radical (unpaired) electrons. The first kappa shape index (κ1) is 17.8. The number of nitrogens with one attached hydrogen (secondary N) is 1. The Morgan fingerprint density at radius 1 is 1.15 bits per heavy atom. The van der Waals surface area contributed by atoms with Crippen LogP contribution in [0.25, 0.3) is 0 Å². The third kappa shape index (κ3) is 6.93. The highest BCUT2D eigenvalue weighted by atomic mass is 19.4. The minimum absolute atomic E-state index is 0.0210. The quantitative estimate of drug-likeness (QED) is 0.770. The molecular formula is C15H29F3N2. The summed E-state index contributed by atoms with van der Waals surface area (Å²) in [4.78, 5) is 1.45. The summed E-state index contributed by atoms with van der Waals surface area (Å²) in [6.45, 7) is 5.81. The van der Waals surface area contributed by atoms with E-state index in [1.165, 1.54) is 11.3 Å². The third-order valence-corrected chi connectivity index (χ3v) is 4.02. The van der Waals surface area contributed by atoms with E-state index in [0.29, 0.717) is 12.5 Å². The molecule has 0 aromatic rings. The van der Waals surface area contributed by atoms with E-state index in [2.05, 4.69) is 19.2 Å². The van der Waals surface area contributed by atoms with Crippen LogP contribution < -0.4 is 5.32 Å². The molecule has 0 aromatic carbocycles. The third-order valence-electron chi connectivity index (χ3n) is 4.02. The fourth-order valence-electron chi connectivity index (χ4n) is 3.25. The lowest BCUT2D eigenvalue weighted by molar-refractivity contribution is -0.146. The Morgan fingerprint density at radius 3 is 2.25 bits per heavy atom. The van der Waals surface area contributed by atoms with E-state index < -0.39 is 12.7 Å². The van der Waals surface area contributed by atoms with Gasteiger partial charge in [0.05, 0.1) is 6.54 Å². The zero-order valence-electron chi connectivity index (χ0n) is 13.0. The standard InChI is InChI=1S/C15H29F3N2/c1-13(2)9-19-10-14(7-5-4-6-8-14)11-20(3)12-15(16,17)18/h13,19H,4-12H2,1-3H3. The number of halogens is 3. The normalized spacial score (nSPS) is 19.8. The summed E-state index contributed by atoms with van der Waals surface area (Å²) < 4.78 is 37.5. The van der Waals surface area contributed by atoms with Crippen molar-refractivity contribution in [3.63, 3.8) is 0 Å². The SMILES string of the molecule is CC(C)CNCC1(CN(C)CC(F)(F)F)CCCCC1. The number of hydrogen-bond donors (Lipinski definition) is 1. The van der Waals surface area contributed by atoms with Crippen molar-refractivity contribution in [1.29, 1.82) is 0 Å². The fraction of sp³-hybridized carbons (Fsp3) is 1.00. The molecule has 1 saturated carbocycles. The van der Waals surface area contributed by atoms with Crippen molar-refractivity contribution in [1.82, 2.24) is 10.2 Å². The first-order valence-corrected chi connectivity index (χ1v) is 7.68. The van der Waals surface area contributed by atoms with Gasteiger partial charge in [0.15, 0.2) is 0 Å². The van der Waals surface area contributed by atoms with Crippen LogP contribution in [0.2, 0.25) is 0 Å². The molecule has 1 N–H and O–H groups in total. The summed E-state index contributed by atoms with van der Waals surface area (Å²) in [5.41, 5.74) is 0.0210. The second kappa shape index (κ2) is 7.64. The lowest BCUT2D eigenvalue weighted by Crippen LogP contribution is -2.46. The van der Waals surface area contributed by atoms with Crippen LogP contribution in [0, 0.1) is 11.3 Å². The number of rotatable bonds is 7. The van der Waals surface area contributed by atoms with Gasteiger partial charge in [-0.2, -0.15) is 13.2 Å². The molecule has 20 heavy (non-hydrogen) atoms. The van der Waals surface area contributed by atoms with Crippen LogP contribution in [0.1, 0.15) is 46.0 Å². The van der Waals surface area contributed by atoms with Gasteiger partial charge in [-0.25, -0.2) is 0 Å². The largest absolute Gasteiger partial charge is 0.401 e. The van der Waals surface area contributed by atoms with Crippen LogP contribution >= 0.6 is 0 Å². The first-order valence-electron chi connectivity index (χ1n) is 7.68. The molecule has 0 saturated heterocycles. The van der Waals surface area contributed by atoms with E-state index in [9.17, 15) is 13.2 Å². The van der Waals surface area contributed by atoms with Gasteiger partial charge in [0.2, 0.25) is 0 Å². The van der Waals surface area contributed by atoms with Gasteiger partial charge in [-0.05, 0) is 37.8 Å². The molecule has 0 amide bonds. The molecule has 0 spiro atoms. The summed E-state index contributed by atoms with van der Waals surface area (Å²) in [5.74, 6) is 0.573. The van der Waals surface area contributed by atoms with E-state index in [1.54, 1.807) is 7.05 Å². The van der Waals surface area contributed by atoms with E-state index >= 15 is 0 Å². The Kier molecular flexibility index (Phi) is 6.79. The van der Waals surface area contributed by atoms with E-state index in [0.717, 1.165) is 38.8 Å². The fourth-order valence-corrected chi connectivity index (χ4v) is 3.25. The molecule has 2 nitrogen and oxygen atoms in total. The summed E-state index contributed by atoms with van der Waals surface area (Å²) in [7, 11) is 1.59. The van der Waals surface area contributed by atoms with Gasteiger partial charge >= 0.3 is 6.18 Å². The maximum absolute atomic E-state index is 12.5. The molecule has 1 fully saturated rings. The summed E-state index contributed by atoms with van der Waals surface area (Å²) >= 11 is 0. The van der Waals surface area contributed by atoms with Gasteiger partial charge in [-0.3, -0.25) is 4.90 Å². The topological polar surface area (TPSA) is 15.3 Å². The average Bonchev–Trinajstić information content (AvgIpc) is 2.26. The van der Waals surface area contributed by atoms with Gasteiger partial charge in [0, 0.05) is 13.1 Å². The summed E-state index contributed by atoms with van der Waals surface area (Å²) in [6.07, 6.45) is 1.48. The Hall–Kier alpha value is -0.290. The lowest BCUT2D eigenvalue weighted by Gasteiger charge is -2.40. The minimum atomic E-state index is -4.10. The molecular weight excluding hydrogens is 265 g/mol. The van der Waals surface area contributed by atoms with Crippen molar-refractivity contribution in [2.75, 3.05) is 33.2 Å². The second-order valence-corrected chi connectivity index (χ2v) is 6.87. The van der Waals surface area contributed by atoms with E-state index in [-0.39, 0.29) is 5.41 Å². The van der Waals surface area contributed by atoms with Crippen LogP contribution in [-0.2, 0) is 0 Å². The highest BCUT2D eigenvalue weighted by molar-refractivity contribution is 4.87. The number of hydrogen-bond acceptors (Lipinski definition) is 2. The summed E-state index contributed by atoms with van der Waals surface area (Å²) in [5, 5.41) is 3.46. The zero-order valence-corrected chi connectivity index (χ0v) is 13.0. The van der Waals surface area contributed by atoms with Crippen molar-refractivity contribution < 1.29 is 13.2 Å². The van der Waals surface area contributed by atoms with Crippen LogP contribution in [0.3, 0.4) is 0 Å². The Labute approximate surface area is 121 Å². The molecule has 0 aromatic heterocycles. The van der Waals surface area contributed by atoms with Crippen LogP contribution in [0.5, 0.6) is 0 Å². The Bertz CT molecular complexity index is 271.